The fraction of sp³-hybridized carbons (Fsp3) is 0.565. The molecular formula is C23H31ClN4O. The lowest BCUT2D eigenvalue weighted by Crippen LogP contribution is -2.67. The number of methoxy groups -OCH3 is 1. The molecule has 5 nitrogen and oxygen atoms in total. The van der Waals surface area contributed by atoms with Crippen LogP contribution in [-0.2, 0) is 6.54 Å². The van der Waals surface area contributed by atoms with E-state index in [0.29, 0.717) is 11.2 Å². The van der Waals surface area contributed by atoms with Crippen LogP contribution >= 0.6 is 11.6 Å². The molecule has 29 heavy (non-hydrogen) atoms. The molecule has 2 fully saturated rings. The van der Waals surface area contributed by atoms with Gasteiger partial charge in [-0.3, -0.25) is 4.90 Å². The summed E-state index contributed by atoms with van der Waals surface area (Å²) in [5.74, 6) is 1.81. The molecule has 6 heteroatoms. The standard InChI is InChI=1S/C23H31ClN4O/c1-22-12-5-13-23(2,28(22)16-17-6-8-19(29-4)9-7-17)15-18(14-22)27(3)21-11-10-20(24)25-26-21/h6-11,18H,5,12-16H2,1-4H3/t18?,22-,23+. The molecule has 2 bridgehead atoms. The summed E-state index contributed by atoms with van der Waals surface area (Å²) in [5.41, 5.74) is 1.69. The first-order valence-corrected chi connectivity index (χ1v) is 10.8. The van der Waals surface area contributed by atoms with Crippen LogP contribution in [-0.4, -0.2) is 46.4 Å². The van der Waals surface area contributed by atoms with Gasteiger partial charge in [0, 0.05) is 30.7 Å². The second-order valence-corrected chi connectivity index (χ2v) is 9.56. The predicted octanol–water partition coefficient (Wildman–Crippen LogP) is 4.94. The number of hydrogen-bond donors (Lipinski definition) is 0. The van der Waals surface area contributed by atoms with Gasteiger partial charge >= 0.3 is 0 Å². The molecule has 2 aliphatic rings. The van der Waals surface area contributed by atoms with E-state index in [-0.39, 0.29) is 11.1 Å². The minimum atomic E-state index is 0.171. The number of fused-ring (bicyclic) bond motifs is 2. The Hall–Kier alpha value is -1.85. The van der Waals surface area contributed by atoms with Gasteiger partial charge in [-0.25, -0.2) is 0 Å². The number of ether oxygens (including phenoxy) is 1. The van der Waals surface area contributed by atoms with Crippen molar-refractivity contribution in [2.45, 2.75) is 69.6 Å². The van der Waals surface area contributed by atoms with Crippen molar-refractivity contribution in [2.75, 3.05) is 19.1 Å². The van der Waals surface area contributed by atoms with E-state index in [1.165, 1.54) is 24.8 Å². The van der Waals surface area contributed by atoms with Gasteiger partial charge in [-0.05, 0) is 75.8 Å². The third-order valence-electron chi connectivity index (χ3n) is 7.11. The quantitative estimate of drug-likeness (QED) is 0.693. The van der Waals surface area contributed by atoms with Crippen molar-refractivity contribution in [3.63, 3.8) is 0 Å². The number of rotatable bonds is 5. The molecular weight excluding hydrogens is 384 g/mol. The molecule has 156 valence electrons. The van der Waals surface area contributed by atoms with Gasteiger partial charge in [-0.2, -0.15) is 0 Å². The summed E-state index contributed by atoms with van der Waals surface area (Å²) in [7, 11) is 3.86. The number of halogens is 1. The molecule has 0 spiro atoms. The van der Waals surface area contributed by atoms with Gasteiger partial charge < -0.3 is 9.64 Å². The molecule has 2 aromatic rings. The van der Waals surface area contributed by atoms with Crippen molar-refractivity contribution in [2.24, 2.45) is 0 Å². The van der Waals surface area contributed by atoms with Gasteiger partial charge in [0.1, 0.15) is 5.75 Å². The fourth-order valence-corrected chi connectivity index (χ4v) is 5.64. The second-order valence-electron chi connectivity index (χ2n) is 9.17. The zero-order valence-corrected chi connectivity index (χ0v) is 18.6. The Morgan fingerprint density at radius 3 is 2.28 bits per heavy atom. The zero-order chi connectivity index (χ0) is 20.6. The number of anilines is 1. The van der Waals surface area contributed by atoms with Gasteiger partial charge in [0.15, 0.2) is 11.0 Å². The molecule has 1 unspecified atom stereocenters. The lowest BCUT2D eigenvalue weighted by Gasteiger charge is -2.62. The Kier molecular flexibility index (Phi) is 5.47. The van der Waals surface area contributed by atoms with Gasteiger partial charge in [-0.1, -0.05) is 23.7 Å². The van der Waals surface area contributed by atoms with Gasteiger partial charge in [-0.15, -0.1) is 10.2 Å². The highest BCUT2D eigenvalue weighted by atomic mass is 35.5. The monoisotopic (exact) mass is 414 g/mol. The minimum Gasteiger partial charge on any atom is -0.497 e. The molecule has 0 radical (unpaired) electrons. The average molecular weight is 415 g/mol. The number of hydrogen-bond acceptors (Lipinski definition) is 5. The molecule has 3 atom stereocenters. The largest absolute Gasteiger partial charge is 0.497 e. The molecule has 2 saturated heterocycles. The Balaban J connectivity index is 1.57. The summed E-state index contributed by atoms with van der Waals surface area (Å²) >= 11 is 5.93. The Morgan fingerprint density at radius 2 is 1.72 bits per heavy atom. The molecule has 3 heterocycles. The maximum Gasteiger partial charge on any atom is 0.151 e. The van der Waals surface area contributed by atoms with Crippen molar-refractivity contribution < 1.29 is 4.74 Å². The normalized spacial score (nSPS) is 29.5. The number of aromatic nitrogens is 2. The van der Waals surface area contributed by atoms with Crippen molar-refractivity contribution in [3.8, 4) is 5.75 Å². The van der Waals surface area contributed by atoms with Crippen LogP contribution in [0.5, 0.6) is 5.75 Å². The molecule has 0 aliphatic carbocycles. The Bertz CT molecular complexity index is 823. The first kappa shape index (κ1) is 20.4. The third-order valence-corrected chi connectivity index (χ3v) is 7.31. The lowest BCUT2D eigenvalue weighted by atomic mass is 9.66. The topological polar surface area (TPSA) is 41.5 Å². The van der Waals surface area contributed by atoms with E-state index < -0.39 is 0 Å². The van der Waals surface area contributed by atoms with Gasteiger partial charge in [0.2, 0.25) is 0 Å². The summed E-state index contributed by atoms with van der Waals surface area (Å²) in [6.07, 6.45) is 6.01. The van der Waals surface area contributed by atoms with Crippen LogP contribution in [0, 0.1) is 0 Å². The third kappa shape index (κ3) is 3.95. The predicted molar refractivity (Wildman–Crippen MR) is 118 cm³/mol. The highest BCUT2D eigenvalue weighted by molar-refractivity contribution is 6.29. The second kappa shape index (κ2) is 7.77. The fourth-order valence-electron chi connectivity index (χ4n) is 5.54. The van der Waals surface area contributed by atoms with Crippen molar-refractivity contribution in [1.29, 1.82) is 0 Å². The van der Waals surface area contributed by atoms with Gasteiger partial charge in [0.05, 0.1) is 7.11 Å². The lowest BCUT2D eigenvalue weighted by molar-refractivity contribution is -0.0976. The molecule has 0 N–H and O–H groups in total. The summed E-state index contributed by atoms with van der Waals surface area (Å²) in [4.78, 5) is 5.07. The molecule has 0 amide bonds. The highest BCUT2D eigenvalue weighted by Gasteiger charge is 2.52. The Labute approximate surface area is 179 Å². The van der Waals surface area contributed by atoms with Crippen molar-refractivity contribution in [3.05, 3.63) is 47.1 Å². The molecule has 4 rings (SSSR count). The Morgan fingerprint density at radius 1 is 1.07 bits per heavy atom. The molecule has 1 aromatic carbocycles. The van der Waals surface area contributed by atoms with E-state index in [0.717, 1.165) is 31.0 Å². The number of benzene rings is 1. The van der Waals surface area contributed by atoms with Gasteiger partial charge in [0.25, 0.3) is 0 Å². The first-order chi connectivity index (χ1) is 13.8. The average Bonchev–Trinajstić information content (AvgIpc) is 2.70. The van der Waals surface area contributed by atoms with E-state index in [1.807, 2.05) is 12.1 Å². The number of nitrogens with zero attached hydrogens (tertiary/aromatic N) is 4. The summed E-state index contributed by atoms with van der Waals surface area (Å²) < 4.78 is 5.32. The summed E-state index contributed by atoms with van der Waals surface area (Å²) in [6.45, 7) is 5.87. The maximum absolute atomic E-state index is 5.93. The van der Waals surface area contributed by atoms with Crippen LogP contribution < -0.4 is 9.64 Å². The first-order valence-electron chi connectivity index (χ1n) is 10.5. The van der Waals surface area contributed by atoms with Crippen LogP contribution in [0.3, 0.4) is 0 Å². The van der Waals surface area contributed by atoms with E-state index >= 15 is 0 Å². The zero-order valence-electron chi connectivity index (χ0n) is 17.9. The van der Waals surface area contributed by atoms with Crippen molar-refractivity contribution >= 4 is 17.4 Å². The highest BCUT2D eigenvalue weighted by Crippen LogP contribution is 2.50. The van der Waals surface area contributed by atoms with Crippen molar-refractivity contribution in [1.82, 2.24) is 15.1 Å². The van der Waals surface area contributed by atoms with Crippen LogP contribution in [0.25, 0.3) is 0 Å². The smallest absolute Gasteiger partial charge is 0.151 e. The van der Waals surface area contributed by atoms with E-state index in [1.54, 1.807) is 7.11 Å². The van der Waals surface area contributed by atoms with E-state index in [9.17, 15) is 0 Å². The molecule has 1 aromatic heterocycles. The molecule has 0 saturated carbocycles. The summed E-state index contributed by atoms with van der Waals surface area (Å²) in [5, 5.41) is 8.79. The van der Waals surface area contributed by atoms with E-state index in [2.05, 4.69) is 65.2 Å². The van der Waals surface area contributed by atoms with Crippen LogP contribution in [0.15, 0.2) is 36.4 Å². The van der Waals surface area contributed by atoms with Crippen LogP contribution in [0.2, 0.25) is 5.15 Å². The molecule has 2 aliphatic heterocycles. The maximum atomic E-state index is 5.93. The summed E-state index contributed by atoms with van der Waals surface area (Å²) in [6, 6.07) is 12.8. The minimum absolute atomic E-state index is 0.171. The van der Waals surface area contributed by atoms with E-state index in [4.69, 9.17) is 16.3 Å². The van der Waals surface area contributed by atoms with Crippen LogP contribution in [0.4, 0.5) is 5.82 Å². The van der Waals surface area contributed by atoms with Crippen LogP contribution in [0.1, 0.15) is 51.5 Å². The SMILES string of the molecule is COc1ccc(CN2[C@@]3(C)CCC[C@]2(C)CC(N(C)c2ccc(Cl)nn2)C3)cc1. The number of piperidine rings is 2.